The summed E-state index contributed by atoms with van der Waals surface area (Å²) in [5.74, 6) is -1.32. The highest BCUT2D eigenvalue weighted by molar-refractivity contribution is 5.77. The predicted molar refractivity (Wildman–Crippen MR) is 97.9 cm³/mol. The highest BCUT2D eigenvalue weighted by Gasteiger charge is 2.32. The first-order chi connectivity index (χ1) is 13.2. The monoisotopic (exact) mass is 390 g/mol. The second-order valence-corrected chi connectivity index (χ2v) is 7.37. The van der Waals surface area contributed by atoms with E-state index >= 15 is 0 Å². The number of hydrogen-bond donors (Lipinski definition) is 2. The standard InChI is InChI=1S/C19H23FN4O4/c1-10-6-14(18(25)26)9-24(8-10)19(27)21-12(3)17-22-16(23-28-17)13-5-4-11(2)15(20)7-13/h4-5,7,10,12,14H,6,8-9H2,1-3H3,(H,21,27)(H,25,26). The summed E-state index contributed by atoms with van der Waals surface area (Å²) in [5, 5.41) is 15.8. The van der Waals surface area contributed by atoms with Gasteiger partial charge in [-0.15, -0.1) is 0 Å². The molecule has 2 heterocycles. The van der Waals surface area contributed by atoms with Crippen LogP contribution in [0, 0.1) is 24.6 Å². The molecule has 8 nitrogen and oxygen atoms in total. The first-order valence-corrected chi connectivity index (χ1v) is 9.13. The molecule has 2 N–H and O–H groups in total. The molecule has 0 aliphatic carbocycles. The van der Waals surface area contributed by atoms with Gasteiger partial charge < -0.3 is 19.8 Å². The molecule has 1 aliphatic rings. The summed E-state index contributed by atoms with van der Waals surface area (Å²) < 4.78 is 18.9. The van der Waals surface area contributed by atoms with Crippen LogP contribution in [0.15, 0.2) is 22.7 Å². The Labute approximate surface area is 161 Å². The van der Waals surface area contributed by atoms with Crippen molar-refractivity contribution >= 4 is 12.0 Å². The van der Waals surface area contributed by atoms with Gasteiger partial charge in [-0.05, 0) is 37.8 Å². The summed E-state index contributed by atoms with van der Waals surface area (Å²) >= 11 is 0. The number of rotatable bonds is 4. The van der Waals surface area contributed by atoms with Crippen LogP contribution in [0.5, 0.6) is 0 Å². The molecular weight excluding hydrogens is 367 g/mol. The van der Waals surface area contributed by atoms with Gasteiger partial charge in [0.1, 0.15) is 11.9 Å². The zero-order chi connectivity index (χ0) is 20.4. The van der Waals surface area contributed by atoms with E-state index < -0.39 is 17.9 Å². The maximum atomic E-state index is 13.7. The SMILES string of the molecule is Cc1ccc(-c2noc(C(C)NC(=O)N3CC(C)CC(C(=O)O)C3)n2)cc1F. The highest BCUT2D eigenvalue weighted by Crippen LogP contribution is 2.23. The molecule has 3 atom stereocenters. The third-order valence-electron chi connectivity index (χ3n) is 4.88. The number of carbonyl (C=O) groups is 2. The molecule has 0 spiro atoms. The lowest BCUT2D eigenvalue weighted by molar-refractivity contribution is -0.143. The molecule has 0 bridgehead atoms. The minimum Gasteiger partial charge on any atom is -0.481 e. The van der Waals surface area contributed by atoms with E-state index in [1.165, 1.54) is 11.0 Å². The van der Waals surface area contributed by atoms with Crippen LogP contribution in [0.2, 0.25) is 0 Å². The lowest BCUT2D eigenvalue weighted by Crippen LogP contribution is -2.49. The Kier molecular flexibility index (Phi) is 5.62. The van der Waals surface area contributed by atoms with Crippen LogP contribution in [-0.4, -0.2) is 45.2 Å². The van der Waals surface area contributed by atoms with Gasteiger partial charge in [-0.3, -0.25) is 4.79 Å². The number of amides is 2. The van der Waals surface area contributed by atoms with Crippen LogP contribution in [0.1, 0.15) is 37.8 Å². The van der Waals surface area contributed by atoms with Crippen LogP contribution in [0.4, 0.5) is 9.18 Å². The Morgan fingerprint density at radius 1 is 1.39 bits per heavy atom. The van der Waals surface area contributed by atoms with Gasteiger partial charge in [0.05, 0.1) is 5.92 Å². The lowest BCUT2D eigenvalue weighted by Gasteiger charge is -2.35. The van der Waals surface area contributed by atoms with Crippen molar-refractivity contribution in [3.05, 3.63) is 35.5 Å². The molecule has 1 saturated heterocycles. The first kappa shape index (κ1) is 19.8. The smallest absolute Gasteiger partial charge is 0.318 e. The molecule has 1 fully saturated rings. The number of hydrogen-bond acceptors (Lipinski definition) is 5. The normalized spacial score (nSPS) is 20.6. The van der Waals surface area contributed by atoms with E-state index in [4.69, 9.17) is 4.52 Å². The summed E-state index contributed by atoms with van der Waals surface area (Å²) in [4.78, 5) is 29.5. The molecule has 1 aliphatic heterocycles. The molecule has 1 aromatic carbocycles. The van der Waals surface area contributed by atoms with Crippen molar-refractivity contribution in [1.29, 1.82) is 0 Å². The maximum Gasteiger partial charge on any atom is 0.318 e. The van der Waals surface area contributed by atoms with Crippen LogP contribution >= 0.6 is 0 Å². The van der Waals surface area contributed by atoms with Crippen LogP contribution in [0.25, 0.3) is 11.4 Å². The molecular formula is C19H23FN4O4. The largest absolute Gasteiger partial charge is 0.481 e. The van der Waals surface area contributed by atoms with Crippen molar-refractivity contribution in [3.8, 4) is 11.4 Å². The van der Waals surface area contributed by atoms with Gasteiger partial charge in [0.2, 0.25) is 11.7 Å². The van der Waals surface area contributed by atoms with Crippen LogP contribution in [-0.2, 0) is 4.79 Å². The Balaban J connectivity index is 1.67. The number of carboxylic acids is 1. The van der Waals surface area contributed by atoms with Gasteiger partial charge in [-0.1, -0.05) is 24.2 Å². The number of urea groups is 1. The zero-order valence-corrected chi connectivity index (χ0v) is 16.0. The molecule has 2 aromatic rings. The van der Waals surface area contributed by atoms with E-state index in [9.17, 15) is 19.1 Å². The summed E-state index contributed by atoms with van der Waals surface area (Å²) in [5.41, 5.74) is 0.995. The number of likely N-dealkylation sites (tertiary alicyclic amines) is 1. The van der Waals surface area contributed by atoms with E-state index in [0.29, 0.717) is 24.1 Å². The van der Waals surface area contributed by atoms with Crippen molar-refractivity contribution < 1.29 is 23.6 Å². The molecule has 3 unspecified atom stereocenters. The number of aromatic nitrogens is 2. The third-order valence-corrected chi connectivity index (χ3v) is 4.88. The number of nitrogens with zero attached hydrogens (tertiary/aromatic N) is 3. The summed E-state index contributed by atoms with van der Waals surface area (Å²) in [6, 6.07) is 3.68. The van der Waals surface area contributed by atoms with Crippen molar-refractivity contribution in [3.63, 3.8) is 0 Å². The van der Waals surface area contributed by atoms with E-state index in [2.05, 4.69) is 15.5 Å². The topological polar surface area (TPSA) is 109 Å². The second kappa shape index (κ2) is 7.95. The molecule has 1 aromatic heterocycles. The Bertz CT molecular complexity index is 885. The van der Waals surface area contributed by atoms with E-state index in [1.54, 1.807) is 26.0 Å². The van der Waals surface area contributed by atoms with Gasteiger partial charge in [0.15, 0.2) is 0 Å². The fraction of sp³-hybridized carbons (Fsp3) is 0.474. The van der Waals surface area contributed by atoms with Crippen molar-refractivity contribution in [2.45, 2.75) is 33.2 Å². The lowest BCUT2D eigenvalue weighted by atomic mass is 9.91. The van der Waals surface area contributed by atoms with Crippen molar-refractivity contribution in [1.82, 2.24) is 20.4 Å². The molecule has 150 valence electrons. The average molecular weight is 390 g/mol. The fourth-order valence-corrected chi connectivity index (χ4v) is 3.29. The number of nitrogens with one attached hydrogen (secondary N) is 1. The first-order valence-electron chi connectivity index (χ1n) is 9.13. The predicted octanol–water partition coefficient (Wildman–Crippen LogP) is 3.00. The van der Waals surface area contributed by atoms with Crippen molar-refractivity contribution in [2.24, 2.45) is 11.8 Å². The zero-order valence-electron chi connectivity index (χ0n) is 16.0. The number of carboxylic acid groups (broad SMARTS) is 1. The van der Waals surface area contributed by atoms with E-state index in [0.717, 1.165) is 0 Å². The third kappa shape index (κ3) is 4.29. The van der Waals surface area contributed by atoms with Crippen LogP contribution < -0.4 is 5.32 Å². The number of benzene rings is 1. The number of piperidine rings is 1. The van der Waals surface area contributed by atoms with E-state index in [-0.39, 0.29) is 36.0 Å². The Morgan fingerprint density at radius 2 is 2.14 bits per heavy atom. The van der Waals surface area contributed by atoms with Crippen LogP contribution in [0.3, 0.4) is 0 Å². The molecule has 3 rings (SSSR count). The molecule has 2 amide bonds. The summed E-state index contributed by atoms with van der Waals surface area (Å²) in [7, 11) is 0. The summed E-state index contributed by atoms with van der Waals surface area (Å²) in [6.07, 6.45) is 0.550. The minimum absolute atomic E-state index is 0.0994. The van der Waals surface area contributed by atoms with E-state index in [1.807, 2.05) is 6.92 Å². The number of aryl methyl sites for hydroxylation is 1. The highest BCUT2D eigenvalue weighted by atomic mass is 19.1. The van der Waals surface area contributed by atoms with Gasteiger partial charge in [-0.25, -0.2) is 9.18 Å². The number of halogens is 1. The Morgan fingerprint density at radius 3 is 2.82 bits per heavy atom. The number of aliphatic carboxylic acids is 1. The van der Waals surface area contributed by atoms with Gasteiger partial charge in [0, 0.05) is 18.7 Å². The average Bonchev–Trinajstić information content (AvgIpc) is 3.13. The van der Waals surface area contributed by atoms with Gasteiger partial charge >= 0.3 is 12.0 Å². The molecule has 9 heteroatoms. The van der Waals surface area contributed by atoms with Gasteiger partial charge in [-0.2, -0.15) is 4.98 Å². The Hall–Kier alpha value is -2.97. The fourth-order valence-electron chi connectivity index (χ4n) is 3.29. The number of carbonyl (C=O) groups excluding carboxylic acids is 1. The second-order valence-electron chi connectivity index (χ2n) is 7.37. The maximum absolute atomic E-state index is 13.7. The molecule has 0 radical (unpaired) electrons. The minimum atomic E-state index is -0.899. The van der Waals surface area contributed by atoms with Crippen molar-refractivity contribution in [2.75, 3.05) is 13.1 Å². The quantitative estimate of drug-likeness (QED) is 0.831. The van der Waals surface area contributed by atoms with Gasteiger partial charge in [0.25, 0.3) is 0 Å². The molecule has 0 saturated carbocycles. The molecule has 28 heavy (non-hydrogen) atoms. The summed E-state index contributed by atoms with van der Waals surface area (Å²) in [6.45, 7) is 5.92.